The largest absolute Gasteiger partial charge is 0.494 e. The molecule has 2 aromatic rings. The molecule has 1 saturated heterocycles. The first-order valence-electron chi connectivity index (χ1n) is 6.11. The predicted octanol–water partition coefficient (Wildman–Crippen LogP) is 1.97. The van der Waals surface area contributed by atoms with Crippen LogP contribution < -0.4 is 10.1 Å². The number of hydrogen-bond acceptors (Lipinski definition) is 3. The Bertz CT molecular complexity index is 514. The number of ether oxygens (including phenoxy) is 1. The Balaban J connectivity index is 2.09. The van der Waals surface area contributed by atoms with Gasteiger partial charge in [0.05, 0.1) is 19.3 Å². The lowest BCUT2D eigenvalue weighted by atomic mass is 10.1. The molecule has 0 saturated carbocycles. The summed E-state index contributed by atoms with van der Waals surface area (Å²) in [6, 6.07) is 6.59. The van der Waals surface area contributed by atoms with E-state index in [9.17, 15) is 0 Å². The van der Waals surface area contributed by atoms with Crippen molar-refractivity contribution in [2.24, 2.45) is 0 Å². The molecule has 0 amide bonds. The van der Waals surface area contributed by atoms with Crippen LogP contribution in [0.2, 0.25) is 0 Å². The van der Waals surface area contributed by atoms with Gasteiger partial charge in [0.15, 0.2) is 0 Å². The van der Waals surface area contributed by atoms with Crippen molar-refractivity contribution >= 4 is 10.9 Å². The van der Waals surface area contributed by atoms with Gasteiger partial charge in [0.25, 0.3) is 0 Å². The van der Waals surface area contributed by atoms with Crippen molar-refractivity contribution in [1.29, 1.82) is 0 Å². The second-order valence-corrected chi connectivity index (χ2v) is 4.47. The van der Waals surface area contributed by atoms with Crippen LogP contribution in [0.4, 0.5) is 0 Å². The minimum absolute atomic E-state index is 0.491. The summed E-state index contributed by atoms with van der Waals surface area (Å²) in [7, 11) is 1.72. The highest BCUT2D eigenvalue weighted by Crippen LogP contribution is 2.30. The monoisotopic (exact) mass is 231 g/mol. The van der Waals surface area contributed by atoms with Crippen LogP contribution in [0, 0.1) is 0 Å². The van der Waals surface area contributed by atoms with Gasteiger partial charge in [0, 0.05) is 5.39 Å². The number of fused-ring (bicyclic) bond motifs is 1. The van der Waals surface area contributed by atoms with E-state index in [4.69, 9.17) is 4.74 Å². The van der Waals surface area contributed by atoms with Gasteiger partial charge in [0.2, 0.25) is 0 Å². The Morgan fingerprint density at radius 2 is 2.18 bits per heavy atom. The molecule has 1 N–H and O–H groups in total. The fraction of sp³-hybridized carbons (Fsp3) is 0.462. The lowest BCUT2D eigenvalue weighted by Gasteiger charge is -2.24. The first-order chi connectivity index (χ1) is 8.40. The Labute approximate surface area is 101 Å². The van der Waals surface area contributed by atoms with Gasteiger partial charge in [-0.3, -0.25) is 4.68 Å². The van der Waals surface area contributed by atoms with Crippen molar-refractivity contribution in [1.82, 2.24) is 15.1 Å². The predicted molar refractivity (Wildman–Crippen MR) is 67.4 cm³/mol. The molecule has 0 bridgehead atoms. The summed E-state index contributed by atoms with van der Waals surface area (Å²) in [4.78, 5) is 0. The zero-order valence-corrected chi connectivity index (χ0v) is 10.0. The molecule has 4 heteroatoms. The van der Waals surface area contributed by atoms with Crippen LogP contribution in [0.1, 0.15) is 18.9 Å². The van der Waals surface area contributed by atoms with Crippen LogP contribution in [0.3, 0.4) is 0 Å². The Morgan fingerprint density at radius 1 is 1.35 bits per heavy atom. The van der Waals surface area contributed by atoms with Crippen molar-refractivity contribution < 1.29 is 4.74 Å². The summed E-state index contributed by atoms with van der Waals surface area (Å²) in [5.41, 5.74) is 1.13. The summed E-state index contributed by atoms with van der Waals surface area (Å²) in [6.45, 7) is 2.14. The lowest BCUT2D eigenvalue weighted by Crippen LogP contribution is -2.29. The maximum Gasteiger partial charge on any atom is 0.144 e. The van der Waals surface area contributed by atoms with Gasteiger partial charge >= 0.3 is 0 Å². The van der Waals surface area contributed by atoms with E-state index in [1.165, 1.54) is 0 Å². The highest BCUT2D eigenvalue weighted by Gasteiger charge is 2.19. The molecule has 0 aliphatic carbocycles. The summed E-state index contributed by atoms with van der Waals surface area (Å²) in [5, 5.41) is 9.07. The second-order valence-electron chi connectivity index (χ2n) is 4.47. The number of nitrogens with zero attached hydrogens (tertiary/aromatic N) is 2. The van der Waals surface area contributed by atoms with Crippen LogP contribution in [0.25, 0.3) is 10.9 Å². The fourth-order valence-electron chi connectivity index (χ4n) is 2.56. The van der Waals surface area contributed by atoms with Gasteiger partial charge in [-0.2, -0.15) is 5.10 Å². The lowest BCUT2D eigenvalue weighted by molar-refractivity contribution is 0.346. The second kappa shape index (κ2) is 4.37. The third-order valence-electron chi connectivity index (χ3n) is 3.45. The molecular weight excluding hydrogens is 214 g/mol. The molecule has 4 nitrogen and oxygen atoms in total. The van der Waals surface area contributed by atoms with Gasteiger partial charge in [-0.1, -0.05) is 12.1 Å². The maximum atomic E-state index is 5.44. The van der Waals surface area contributed by atoms with E-state index < -0.39 is 0 Å². The van der Waals surface area contributed by atoms with Crippen molar-refractivity contribution in [3.8, 4) is 5.75 Å². The van der Waals surface area contributed by atoms with Crippen molar-refractivity contribution in [3.63, 3.8) is 0 Å². The van der Waals surface area contributed by atoms with E-state index in [1.54, 1.807) is 7.11 Å². The zero-order chi connectivity index (χ0) is 11.7. The Hall–Kier alpha value is -1.55. The fourth-order valence-corrected chi connectivity index (χ4v) is 2.56. The van der Waals surface area contributed by atoms with E-state index in [-0.39, 0.29) is 0 Å². The van der Waals surface area contributed by atoms with Crippen molar-refractivity contribution in [2.75, 3.05) is 20.2 Å². The number of aromatic nitrogens is 2. The van der Waals surface area contributed by atoms with Gasteiger partial charge in [-0.25, -0.2) is 0 Å². The standard InChI is InChI=1S/C13H17N3O/c1-17-12-4-2-3-10-9-15-16(13(10)12)11-5-7-14-8-6-11/h2-4,9,11,14H,5-8H2,1H3. The van der Waals surface area contributed by atoms with E-state index in [0.29, 0.717) is 6.04 Å². The van der Waals surface area contributed by atoms with E-state index in [1.807, 2.05) is 18.3 Å². The van der Waals surface area contributed by atoms with E-state index in [0.717, 1.165) is 42.6 Å². The summed E-state index contributed by atoms with van der Waals surface area (Å²) in [6.07, 6.45) is 4.20. The topological polar surface area (TPSA) is 39.1 Å². The normalized spacial score (nSPS) is 17.5. The average Bonchev–Trinajstić information content (AvgIpc) is 2.83. The summed E-state index contributed by atoms with van der Waals surface area (Å²) in [5.74, 6) is 0.915. The molecule has 1 aliphatic rings. The van der Waals surface area contributed by atoms with Gasteiger partial charge in [-0.05, 0) is 32.0 Å². The quantitative estimate of drug-likeness (QED) is 0.859. The molecule has 90 valence electrons. The highest BCUT2D eigenvalue weighted by atomic mass is 16.5. The summed E-state index contributed by atoms with van der Waals surface area (Å²) < 4.78 is 7.57. The third-order valence-corrected chi connectivity index (χ3v) is 3.45. The molecule has 0 radical (unpaired) electrons. The number of nitrogens with one attached hydrogen (secondary N) is 1. The number of benzene rings is 1. The molecule has 0 atom stereocenters. The van der Waals surface area contributed by atoms with E-state index in [2.05, 4.69) is 21.2 Å². The molecule has 1 aromatic carbocycles. The van der Waals surface area contributed by atoms with Crippen molar-refractivity contribution in [2.45, 2.75) is 18.9 Å². The molecule has 0 spiro atoms. The SMILES string of the molecule is COc1cccc2cnn(C3CCNCC3)c12. The number of methoxy groups -OCH3 is 1. The maximum absolute atomic E-state index is 5.44. The Kier molecular flexibility index (Phi) is 2.73. The van der Waals surface area contributed by atoms with Gasteiger partial charge in [0.1, 0.15) is 11.3 Å². The highest BCUT2D eigenvalue weighted by molar-refractivity contribution is 5.84. The smallest absolute Gasteiger partial charge is 0.144 e. The molecular formula is C13H17N3O. The van der Waals surface area contributed by atoms with Crippen LogP contribution >= 0.6 is 0 Å². The van der Waals surface area contributed by atoms with Crippen LogP contribution in [-0.4, -0.2) is 30.0 Å². The first kappa shape index (κ1) is 10.6. The van der Waals surface area contributed by atoms with Gasteiger partial charge in [-0.15, -0.1) is 0 Å². The molecule has 17 heavy (non-hydrogen) atoms. The molecule has 1 aromatic heterocycles. The third kappa shape index (κ3) is 1.78. The van der Waals surface area contributed by atoms with Crippen LogP contribution in [0.5, 0.6) is 5.75 Å². The van der Waals surface area contributed by atoms with E-state index >= 15 is 0 Å². The number of hydrogen-bond donors (Lipinski definition) is 1. The zero-order valence-electron chi connectivity index (χ0n) is 10.0. The minimum Gasteiger partial charge on any atom is -0.494 e. The minimum atomic E-state index is 0.491. The molecule has 1 fully saturated rings. The number of para-hydroxylation sites is 1. The molecule has 0 unspecified atom stereocenters. The average molecular weight is 231 g/mol. The summed E-state index contributed by atoms with van der Waals surface area (Å²) >= 11 is 0. The first-order valence-corrected chi connectivity index (χ1v) is 6.11. The van der Waals surface area contributed by atoms with Crippen molar-refractivity contribution in [3.05, 3.63) is 24.4 Å². The van der Waals surface area contributed by atoms with Crippen LogP contribution in [-0.2, 0) is 0 Å². The van der Waals surface area contributed by atoms with Crippen LogP contribution in [0.15, 0.2) is 24.4 Å². The Morgan fingerprint density at radius 3 is 2.94 bits per heavy atom. The molecule has 2 heterocycles. The number of rotatable bonds is 2. The molecule has 1 aliphatic heterocycles. The van der Waals surface area contributed by atoms with Gasteiger partial charge < -0.3 is 10.1 Å². The number of piperidine rings is 1. The molecule has 3 rings (SSSR count).